The normalized spacial score (nSPS) is 23.5. The van der Waals surface area contributed by atoms with Crippen molar-refractivity contribution in [3.63, 3.8) is 0 Å². The van der Waals surface area contributed by atoms with E-state index in [1.165, 1.54) is 6.42 Å². The average Bonchev–Trinajstić information content (AvgIpc) is 2.47. The lowest BCUT2D eigenvalue weighted by atomic mass is 9.85. The molecule has 0 amide bonds. The first-order chi connectivity index (χ1) is 9.55. The van der Waals surface area contributed by atoms with Crippen molar-refractivity contribution in [2.24, 2.45) is 5.92 Å². The van der Waals surface area contributed by atoms with Crippen LogP contribution in [0.5, 0.6) is 0 Å². The monoisotopic (exact) mass is 296 g/mol. The fraction of sp³-hybridized carbons (Fsp3) is 0.600. The van der Waals surface area contributed by atoms with E-state index in [1.54, 1.807) is 24.3 Å². The molecule has 5 heteroatoms. The molecule has 1 aliphatic rings. The molecular formula is C15H24N2O2S. The van der Waals surface area contributed by atoms with Gasteiger partial charge in [0, 0.05) is 18.8 Å². The molecule has 1 aromatic carbocycles. The third-order valence-corrected chi connectivity index (χ3v) is 5.67. The molecule has 1 aliphatic carbocycles. The van der Waals surface area contributed by atoms with E-state index in [9.17, 15) is 8.42 Å². The van der Waals surface area contributed by atoms with Gasteiger partial charge in [-0.15, -0.1) is 0 Å². The summed E-state index contributed by atoms with van der Waals surface area (Å²) in [6.45, 7) is 2.18. The first-order valence-electron chi connectivity index (χ1n) is 7.35. The molecule has 0 heterocycles. The van der Waals surface area contributed by atoms with Gasteiger partial charge in [-0.1, -0.05) is 26.2 Å². The third kappa shape index (κ3) is 3.73. The summed E-state index contributed by atoms with van der Waals surface area (Å²) in [6.07, 6.45) is 5.39. The van der Waals surface area contributed by atoms with E-state index >= 15 is 0 Å². The van der Waals surface area contributed by atoms with Gasteiger partial charge in [-0.25, -0.2) is 13.1 Å². The third-order valence-electron chi connectivity index (χ3n) is 4.14. The summed E-state index contributed by atoms with van der Waals surface area (Å²) in [5, 5.41) is 2.99. The second kappa shape index (κ2) is 6.59. The predicted molar refractivity (Wildman–Crippen MR) is 82.3 cm³/mol. The summed E-state index contributed by atoms with van der Waals surface area (Å²) in [6, 6.07) is 6.94. The van der Waals surface area contributed by atoms with Gasteiger partial charge in [0.2, 0.25) is 10.0 Å². The number of hydrogen-bond acceptors (Lipinski definition) is 3. The van der Waals surface area contributed by atoms with Crippen molar-refractivity contribution in [1.29, 1.82) is 0 Å². The second-order valence-electron chi connectivity index (χ2n) is 5.53. The molecule has 2 N–H and O–H groups in total. The van der Waals surface area contributed by atoms with Crippen molar-refractivity contribution in [3.05, 3.63) is 24.3 Å². The maximum atomic E-state index is 12.4. The van der Waals surface area contributed by atoms with Crippen molar-refractivity contribution >= 4 is 15.7 Å². The molecule has 1 aromatic rings. The van der Waals surface area contributed by atoms with Gasteiger partial charge in [0.05, 0.1) is 4.90 Å². The van der Waals surface area contributed by atoms with E-state index in [1.807, 2.05) is 7.05 Å². The number of sulfonamides is 1. The summed E-state index contributed by atoms with van der Waals surface area (Å²) in [5.41, 5.74) is 0.910. The van der Waals surface area contributed by atoms with Crippen LogP contribution in [-0.4, -0.2) is 21.5 Å². The minimum absolute atomic E-state index is 0.0858. The van der Waals surface area contributed by atoms with Gasteiger partial charge in [0.1, 0.15) is 0 Å². The van der Waals surface area contributed by atoms with Gasteiger partial charge in [-0.05, 0) is 43.0 Å². The molecule has 0 radical (unpaired) electrons. The Morgan fingerprint density at radius 1 is 1.20 bits per heavy atom. The van der Waals surface area contributed by atoms with Crippen LogP contribution in [0.25, 0.3) is 0 Å². The van der Waals surface area contributed by atoms with E-state index in [2.05, 4.69) is 17.0 Å². The fourth-order valence-corrected chi connectivity index (χ4v) is 4.14. The van der Waals surface area contributed by atoms with Gasteiger partial charge in [-0.3, -0.25) is 0 Å². The molecule has 2 rings (SSSR count). The van der Waals surface area contributed by atoms with Crippen LogP contribution in [0.15, 0.2) is 29.2 Å². The topological polar surface area (TPSA) is 58.2 Å². The molecule has 2 unspecified atom stereocenters. The van der Waals surface area contributed by atoms with Gasteiger partial charge in [-0.2, -0.15) is 0 Å². The Balaban J connectivity index is 2.06. The average molecular weight is 296 g/mol. The largest absolute Gasteiger partial charge is 0.388 e. The van der Waals surface area contributed by atoms with E-state index in [0.29, 0.717) is 10.8 Å². The Morgan fingerprint density at radius 3 is 2.50 bits per heavy atom. The highest BCUT2D eigenvalue weighted by molar-refractivity contribution is 7.89. The second-order valence-corrected chi connectivity index (χ2v) is 7.25. The summed E-state index contributed by atoms with van der Waals surface area (Å²) >= 11 is 0. The molecule has 2 atom stereocenters. The number of nitrogens with one attached hydrogen (secondary N) is 2. The number of anilines is 1. The molecule has 4 nitrogen and oxygen atoms in total. The maximum absolute atomic E-state index is 12.4. The summed E-state index contributed by atoms with van der Waals surface area (Å²) in [4.78, 5) is 0.343. The number of hydrogen-bond donors (Lipinski definition) is 2. The zero-order chi connectivity index (χ0) is 14.6. The van der Waals surface area contributed by atoms with Crippen LogP contribution in [0.3, 0.4) is 0 Å². The van der Waals surface area contributed by atoms with Gasteiger partial charge < -0.3 is 5.32 Å². The fourth-order valence-electron chi connectivity index (χ4n) is 2.86. The summed E-state index contributed by atoms with van der Waals surface area (Å²) < 4.78 is 27.6. The summed E-state index contributed by atoms with van der Waals surface area (Å²) in [5.74, 6) is 0.656. The van der Waals surface area contributed by atoms with Crippen LogP contribution < -0.4 is 10.0 Å². The molecule has 1 saturated carbocycles. The van der Waals surface area contributed by atoms with Gasteiger partial charge >= 0.3 is 0 Å². The lowest BCUT2D eigenvalue weighted by Gasteiger charge is -2.28. The standard InChI is InChI=1S/C15H24N2O2S/c1-3-12-5-4-6-14(11-12)17-20(18,19)15-9-7-13(16-2)8-10-15/h7-10,12,14,16-17H,3-6,11H2,1-2H3. The summed E-state index contributed by atoms with van der Waals surface area (Å²) in [7, 11) is -1.58. The Hall–Kier alpha value is -1.07. The number of benzene rings is 1. The zero-order valence-corrected chi connectivity index (χ0v) is 13.0. The smallest absolute Gasteiger partial charge is 0.240 e. The molecular weight excluding hydrogens is 272 g/mol. The SMILES string of the molecule is CCC1CCCC(NS(=O)(=O)c2ccc(NC)cc2)C1. The van der Waals surface area contributed by atoms with Crippen LogP contribution in [-0.2, 0) is 10.0 Å². The molecule has 1 fully saturated rings. The van der Waals surface area contributed by atoms with Crippen LogP contribution in [0.1, 0.15) is 39.0 Å². The Bertz CT molecular complexity index is 525. The van der Waals surface area contributed by atoms with Gasteiger partial charge in [0.15, 0.2) is 0 Å². The molecule has 20 heavy (non-hydrogen) atoms. The number of rotatable bonds is 5. The quantitative estimate of drug-likeness (QED) is 0.878. The van der Waals surface area contributed by atoms with Crippen LogP contribution in [0.2, 0.25) is 0 Å². The van der Waals surface area contributed by atoms with Crippen LogP contribution >= 0.6 is 0 Å². The predicted octanol–water partition coefficient (Wildman–Crippen LogP) is 2.98. The molecule has 0 aromatic heterocycles. The van der Waals surface area contributed by atoms with E-state index < -0.39 is 10.0 Å². The lowest BCUT2D eigenvalue weighted by Crippen LogP contribution is -2.38. The van der Waals surface area contributed by atoms with Crippen molar-refractivity contribution in [3.8, 4) is 0 Å². The van der Waals surface area contributed by atoms with E-state index in [-0.39, 0.29) is 6.04 Å². The molecule has 0 saturated heterocycles. The maximum Gasteiger partial charge on any atom is 0.240 e. The highest BCUT2D eigenvalue weighted by atomic mass is 32.2. The molecule has 0 bridgehead atoms. The minimum Gasteiger partial charge on any atom is -0.388 e. The first-order valence-corrected chi connectivity index (χ1v) is 8.83. The van der Waals surface area contributed by atoms with Crippen molar-refractivity contribution in [2.75, 3.05) is 12.4 Å². The van der Waals surface area contributed by atoms with E-state index in [4.69, 9.17) is 0 Å². The molecule has 112 valence electrons. The first kappa shape index (κ1) is 15.3. The Labute approximate surface area is 122 Å². The highest BCUT2D eigenvalue weighted by Gasteiger charge is 2.25. The lowest BCUT2D eigenvalue weighted by molar-refractivity contribution is 0.301. The molecule has 0 spiro atoms. The Morgan fingerprint density at radius 2 is 1.90 bits per heavy atom. The van der Waals surface area contributed by atoms with Crippen molar-refractivity contribution in [1.82, 2.24) is 4.72 Å². The van der Waals surface area contributed by atoms with E-state index in [0.717, 1.165) is 31.4 Å². The van der Waals surface area contributed by atoms with Crippen molar-refractivity contribution < 1.29 is 8.42 Å². The van der Waals surface area contributed by atoms with Crippen LogP contribution in [0, 0.1) is 5.92 Å². The molecule has 0 aliphatic heterocycles. The Kier molecular flexibility index (Phi) is 5.05. The van der Waals surface area contributed by atoms with Gasteiger partial charge in [0.25, 0.3) is 0 Å². The van der Waals surface area contributed by atoms with Crippen LogP contribution in [0.4, 0.5) is 5.69 Å². The van der Waals surface area contributed by atoms with Crippen molar-refractivity contribution in [2.45, 2.75) is 50.0 Å². The zero-order valence-electron chi connectivity index (χ0n) is 12.2. The highest BCUT2D eigenvalue weighted by Crippen LogP contribution is 2.27. The minimum atomic E-state index is -3.39.